The summed E-state index contributed by atoms with van der Waals surface area (Å²) in [5, 5.41) is 0.299. The first-order valence-corrected chi connectivity index (χ1v) is 5.10. The Kier molecular flexibility index (Phi) is 2.75. The molecule has 94 valence electrons. The molecule has 0 spiro atoms. The molecule has 1 heterocycles. The largest absolute Gasteiger partial charge is 0.433 e. The second kappa shape index (κ2) is 3.99. The van der Waals surface area contributed by atoms with Gasteiger partial charge in [-0.2, -0.15) is 18.2 Å². The molecule has 0 atom stereocenters. The van der Waals surface area contributed by atoms with Gasteiger partial charge in [-0.3, -0.25) is 0 Å². The quantitative estimate of drug-likeness (QED) is 0.566. The lowest BCUT2D eigenvalue weighted by atomic mass is 10.1. The van der Waals surface area contributed by atoms with E-state index < -0.39 is 11.9 Å². The number of fused-ring (bicyclic) bond motifs is 1. The molecular weight excluding hydrogens is 245 g/mol. The maximum absolute atomic E-state index is 13.0. The van der Waals surface area contributed by atoms with Crippen LogP contribution in [0.15, 0.2) is 23.2 Å². The number of isocyanates is 1. The third-order valence-electron chi connectivity index (χ3n) is 2.75. The van der Waals surface area contributed by atoms with Gasteiger partial charge < -0.3 is 4.57 Å². The molecule has 1 aromatic carbocycles. The van der Waals surface area contributed by atoms with Crippen LogP contribution in [-0.2, 0) is 18.0 Å². The first kappa shape index (κ1) is 12.4. The number of rotatable bonds is 1. The molecule has 0 N–H and O–H groups in total. The van der Waals surface area contributed by atoms with E-state index in [4.69, 9.17) is 0 Å². The van der Waals surface area contributed by atoms with Gasteiger partial charge in [0.2, 0.25) is 6.08 Å². The summed E-state index contributed by atoms with van der Waals surface area (Å²) in [4.78, 5) is 13.5. The lowest BCUT2D eigenvalue weighted by Gasteiger charge is -2.08. The van der Waals surface area contributed by atoms with E-state index >= 15 is 0 Å². The number of aryl methyl sites for hydroxylation is 2. The second-order valence-electron chi connectivity index (χ2n) is 3.98. The van der Waals surface area contributed by atoms with Gasteiger partial charge in [-0.25, -0.2) is 4.79 Å². The normalized spacial score (nSPS) is 11.6. The van der Waals surface area contributed by atoms with Crippen LogP contribution in [0.1, 0.15) is 11.3 Å². The van der Waals surface area contributed by atoms with Crippen LogP contribution in [0.25, 0.3) is 10.9 Å². The van der Waals surface area contributed by atoms with Gasteiger partial charge in [0.25, 0.3) is 0 Å². The predicted molar refractivity (Wildman–Crippen MR) is 60.4 cm³/mol. The number of alkyl halides is 3. The first-order chi connectivity index (χ1) is 8.36. The van der Waals surface area contributed by atoms with Crippen LogP contribution >= 0.6 is 0 Å². The minimum absolute atomic E-state index is 0.299. The fraction of sp³-hybridized carbons (Fsp3) is 0.250. The Labute approximate surface area is 101 Å². The van der Waals surface area contributed by atoms with Crippen LogP contribution in [0.3, 0.4) is 0 Å². The van der Waals surface area contributed by atoms with Gasteiger partial charge in [0.15, 0.2) is 5.69 Å². The maximum atomic E-state index is 13.0. The third kappa shape index (κ3) is 1.80. The second-order valence-corrected chi connectivity index (χ2v) is 3.98. The van der Waals surface area contributed by atoms with Gasteiger partial charge in [-0.15, -0.1) is 0 Å². The molecular formula is C12H9F3N2O. The Morgan fingerprint density at radius 3 is 2.56 bits per heavy atom. The zero-order valence-corrected chi connectivity index (χ0v) is 9.67. The van der Waals surface area contributed by atoms with Gasteiger partial charge in [-0.1, -0.05) is 11.6 Å². The van der Waals surface area contributed by atoms with Crippen LogP contribution in [0.2, 0.25) is 0 Å². The van der Waals surface area contributed by atoms with E-state index in [2.05, 4.69) is 4.99 Å². The molecule has 3 nitrogen and oxygen atoms in total. The SMILES string of the molecule is Cc1ccc2c(c1)c(N=C=O)c(C(F)(F)F)n2C. The topological polar surface area (TPSA) is 34.4 Å². The summed E-state index contributed by atoms with van der Waals surface area (Å²) in [5.41, 5.74) is -0.142. The van der Waals surface area contributed by atoms with Crippen molar-refractivity contribution in [3.8, 4) is 0 Å². The molecule has 1 aromatic heterocycles. The number of hydrogen-bond donors (Lipinski definition) is 0. The van der Waals surface area contributed by atoms with Crippen LogP contribution in [0, 0.1) is 6.92 Å². The van der Waals surface area contributed by atoms with Crippen LogP contribution in [-0.4, -0.2) is 10.6 Å². The number of carbonyl (C=O) groups excluding carboxylic acids is 1. The number of aromatic nitrogens is 1. The maximum Gasteiger partial charge on any atom is 0.433 e. The van der Waals surface area contributed by atoms with Gasteiger partial charge in [0.05, 0.1) is 5.52 Å². The molecule has 0 aliphatic heterocycles. The molecule has 18 heavy (non-hydrogen) atoms. The molecule has 6 heteroatoms. The van der Waals surface area contributed by atoms with Crippen molar-refractivity contribution in [2.45, 2.75) is 13.1 Å². The van der Waals surface area contributed by atoms with Gasteiger partial charge in [0, 0.05) is 12.4 Å². The summed E-state index contributed by atoms with van der Waals surface area (Å²) in [6.07, 6.45) is -3.39. The minimum atomic E-state index is -4.57. The standard InChI is InChI=1S/C12H9F3N2O/c1-7-3-4-9-8(5-7)10(16-6-18)11(17(9)2)12(13,14)15/h3-5H,1-2H3. The Morgan fingerprint density at radius 2 is 2.00 bits per heavy atom. The number of benzene rings is 1. The average Bonchev–Trinajstić information content (AvgIpc) is 2.52. The third-order valence-corrected chi connectivity index (χ3v) is 2.75. The summed E-state index contributed by atoms with van der Waals surface area (Å²) in [7, 11) is 1.30. The van der Waals surface area contributed by atoms with E-state index in [9.17, 15) is 18.0 Å². The van der Waals surface area contributed by atoms with Gasteiger partial charge >= 0.3 is 6.18 Å². The highest BCUT2D eigenvalue weighted by atomic mass is 19.4. The molecule has 0 radical (unpaired) electrons. The molecule has 0 bridgehead atoms. The van der Waals surface area contributed by atoms with Crippen molar-refractivity contribution >= 4 is 22.7 Å². The molecule has 2 aromatic rings. The number of halogens is 3. The van der Waals surface area contributed by atoms with Crippen molar-refractivity contribution in [3.63, 3.8) is 0 Å². The molecule has 0 aliphatic rings. The van der Waals surface area contributed by atoms with E-state index in [0.717, 1.165) is 10.1 Å². The van der Waals surface area contributed by atoms with Crippen molar-refractivity contribution in [2.75, 3.05) is 0 Å². The Bertz CT molecular complexity index is 664. The highest BCUT2D eigenvalue weighted by Crippen LogP contribution is 2.42. The van der Waals surface area contributed by atoms with Gasteiger partial charge in [-0.05, 0) is 19.1 Å². The molecule has 0 amide bonds. The van der Waals surface area contributed by atoms with E-state index in [-0.39, 0.29) is 5.69 Å². The summed E-state index contributed by atoms with van der Waals surface area (Å²) in [5.74, 6) is 0. The Hall–Kier alpha value is -2.07. The molecule has 0 saturated carbocycles. The van der Waals surface area contributed by atoms with E-state index in [1.807, 2.05) is 0 Å². The van der Waals surface area contributed by atoms with Crippen molar-refractivity contribution in [1.82, 2.24) is 4.57 Å². The van der Waals surface area contributed by atoms with Crippen molar-refractivity contribution in [1.29, 1.82) is 0 Å². The Morgan fingerprint density at radius 1 is 1.33 bits per heavy atom. The van der Waals surface area contributed by atoms with Crippen molar-refractivity contribution < 1.29 is 18.0 Å². The molecule has 0 aliphatic carbocycles. The zero-order chi connectivity index (χ0) is 13.5. The van der Waals surface area contributed by atoms with Crippen LogP contribution in [0.5, 0.6) is 0 Å². The summed E-state index contributed by atoms with van der Waals surface area (Å²) in [6.45, 7) is 1.76. The molecule has 0 unspecified atom stereocenters. The number of hydrogen-bond acceptors (Lipinski definition) is 2. The van der Waals surface area contributed by atoms with Crippen molar-refractivity contribution in [3.05, 3.63) is 29.5 Å². The Balaban J connectivity index is 2.97. The monoisotopic (exact) mass is 254 g/mol. The smallest absolute Gasteiger partial charge is 0.338 e. The predicted octanol–water partition coefficient (Wildman–Crippen LogP) is 3.47. The lowest BCUT2D eigenvalue weighted by Crippen LogP contribution is -2.11. The van der Waals surface area contributed by atoms with E-state index in [1.165, 1.54) is 13.1 Å². The fourth-order valence-corrected chi connectivity index (χ4v) is 2.02. The van der Waals surface area contributed by atoms with Crippen LogP contribution in [0.4, 0.5) is 18.9 Å². The van der Waals surface area contributed by atoms with E-state index in [1.54, 1.807) is 25.1 Å². The minimum Gasteiger partial charge on any atom is -0.338 e. The number of aliphatic imine (C=N–C) groups is 1. The van der Waals surface area contributed by atoms with Gasteiger partial charge in [0.1, 0.15) is 5.69 Å². The van der Waals surface area contributed by atoms with Crippen molar-refractivity contribution in [2.24, 2.45) is 12.0 Å². The average molecular weight is 254 g/mol. The number of nitrogens with zero attached hydrogens (tertiary/aromatic N) is 2. The van der Waals surface area contributed by atoms with Crippen LogP contribution < -0.4 is 0 Å². The molecule has 0 fully saturated rings. The lowest BCUT2D eigenvalue weighted by molar-refractivity contribution is -0.142. The molecule has 0 saturated heterocycles. The summed E-state index contributed by atoms with van der Waals surface area (Å²) < 4.78 is 39.9. The summed E-state index contributed by atoms with van der Waals surface area (Å²) in [6, 6.07) is 4.85. The highest BCUT2D eigenvalue weighted by molar-refractivity contribution is 5.95. The molecule has 2 rings (SSSR count). The highest BCUT2D eigenvalue weighted by Gasteiger charge is 2.38. The van der Waals surface area contributed by atoms with E-state index in [0.29, 0.717) is 10.9 Å². The summed E-state index contributed by atoms with van der Waals surface area (Å²) >= 11 is 0. The fourth-order valence-electron chi connectivity index (χ4n) is 2.02. The first-order valence-electron chi connectivity index (χ1n) is 5.10. The zero-order valence-electron chi connectivity index (χ0n) is 9.67.